The first kappa shape index (κ1) is 17.9. The van der Waals surface area contributed by atoms with E-state index >= 15 is 0 Å². The van der Waals surface area contributed by atoms with Crippen molar-refractivity contribution in [2.75, 3.05) is 0 Å². The van der Waals surface area contributed by atoms with Gasteiger partial charge in [-0.3, -0.25) is 0 Å². The van der Waals surface area contributed by atoms with E-state index in [0.717, 1.165) is 33.6 Å². The van der Waals surface area contributed by atoms with Crippen molar-refractivity contribution in [1.82, 2.24) is 0 Å². The van der Waals surface area contributed by atoms with Gasteiger partial charge < -0.3 is 13.9 Å². The molecular weight excluding hydrogens is 360 g/mol. The number of benzene rings is 2. The Bertz CT molecular complexity index is 1070. The molecule has 1 atom stereocenters. The van der Waals surface area contributed by atoms with Crippen LogP contribution in [0.2, 0.25) is 5.02 Å². The fourth-order valence-corrected chi connectivity index (χ4v) is 3.59. The average Bonchev–Trinajstić information content (AvgIpc) is 3.24. The van der Waals surface area contributed by atoms with Crippen LogP contribution in [0.15, 0.2) is 69.5 Å². The molecule has 2 heterocycles. The van der Waals surface area contributed by atoms with Gasteiger partial charge in [-0.05, 0) is 56.2 Å². The molecule has 0 aliphatic rings. The molecule has 4 heteroatoms. The van der Waals surface area contributed by atoms with E-state index < -0.39 is 5.60 Å². The van der Waals surface area contributed by atoms with Crippen molar-refractivity contribution in [1.29, 1.82) is 0 Å². The molecule has 27 heavy (non-hydrogen) atoms. The summed E-state index contributed by atoms with van der Waals surface area (Å²) in [5.74, 6) is 2.19. The van der Waals surface area contributed by atoms with E-state index in [1.165, 1.54) is 0 Å². The zero-order chi connectivity index (χ0) is 19.0. The standard InChI is InChI=1S/C23H21ClO3/c1-15-8-11-21(26-15)23(2,25)13-12-20-22(16-6-4-3-5-7-16)18-14-17(24)9-10-19(18)27-20/h3-11,14,25H,12-13H2,1-2H3. The highest BCUT2D eigenvalue weighted by Crippen LogP contribution is 2.38. The van der Waals surface area contributed by atoms with Crippen LogP contribution in [0, 0.1) is 6.92 Å². The second-order valence-electron chi connectivity index (χ2n) is 7.09. The number of halogens is 1. The highest BCUT2D eigenvalue weighted by molar-refractivity contribution is 6.31. The highest BCUT2D eigenvalue weighted by Gasteiger charge is 2.28. The summed E-state index contributed by atoms with van der Waals surface area (Å²) >= 11 is 6.23. The number of aliphatic hydroxyl groups is 1. The number of hydrogen-bond donors (Lipinski definition) is 1. The maximum Gasteiger partial charge on any atom is 0.135 e. The molecule has 1 unspecified atom stereocenters. The minimum absolute atomic E-state index is 0.480. The SMILES string of the molecule is Cc1ccc(C(C)(O)CCc2oc3ccc(Cl)cc3c2-c2ccccc2)o1. The summed E-state index contributed by atoms with van der Waals surface area (Å²) in [7, 11) is 0. The lowest BCUT2D eigenvalue weighted by molar-refractivity contribution is 0.0237. The van der Waals surface area contributed by atoms with E-state index in [1.54, 1.807) is 6.92 Å². The Morgan fingerprint density at radius 1 is 1.00 bits per heavy atom. The lowest BCUT2D eigenvalue weighted by Crippen LogP contribution is -2.21. The fraction of sp³-hybridized carbons (Fsp3) is 0.217. The number of hydrogen-bond acceptors (Lipinski definition) is 3. The molecule has 2 aromatic carbocycles. The second kappa shape index (κ2) is 6.91. The van der Waals surface area contributed by atoms with Gasteiger partial charge in [0.1, 0.15) is 28.5 Å². The van der Waals surface area contributed by atoms with Crippen LogP contribution >= 0.6 is 11.6 Å². The molecule has 0 aliphatic heterocycles. The molecule has 1 N–H and O–H groups in total. The topological polar surface area (TPSA) is 46.5 Å². The highest BCUT2D eigenvalue weighted by atomic mass is 35.5. The molecule has 0 saturated heterocycles. The maximum atomic E-state index is 10.9. The lowest BCUT2D eigenvalue weighted by atomic mass is 9.93. The van der Waals surface area contributed by atoms with Gasteiger partial charge >= 0.3 is 0 Å². The van der Waals surface area contributed by atoms with Gasteiger partial charge in [0.2, 0.25) is 0 Å². The molecule has 0 bridgehead atoms. The van der Waals surface area contributed by atoms with Crippen molar-refractivity contribution in [2.24, 2.45) is 0 Å². The lowest BCUT2D eigenvalue weighted by Gasteiger charge is -2.20. The van der Waals surface area contributed by atoms with E-state index in [2.05, 4.69) is 12.1 Å². The first-order chi connectivity index (χ1) is 12.9. The Hall–Kier alpha value is -2.49. The molecule has 0 amide bonds. The van der Waals surface area contributed by atoms with Crippen LogP contribution in [-0.2, 0) is 12.0 Å². The van der Waals surface area contributed by atoms with Crippen molar-refractivity contribution >= 4 is 22.6 Å². The minimum Gasteiger partial charge on any atom is -0.463 e. The number of furan rings is 2. The smallest absolute Gasteiger partial charge is 0.135 e. The van der Waals surface area contributed by atoms with Gasteiger partial charge in [-0.15, -0.1) is 0 Å². The van der Waals surface area contributed by atoms with Gasteiger partial charge in [0.25, 0.3) is 0 Å². The van der Waals surface area contributed by atoms with E-state index in [4.69, 9.17) is 20.4 Å². The van der Waals surface area contributed by atoms with Gasteiger partial charge in [0, 0.05) is 22.4 Å². The third-order valence-corrected chi connectivity index (χ3v) is 5.13. The quantitative estimate of drug-likeness (QED) is 0.430. The summed E-state index contributed by atoms with van der Waals surface area (Å²) in [5.41, 5.74) is 1.82. The van der Waals surface area contributed by atoms with Crippen molar-refractivity contribution in [3.63, 3.8) is 0 Å². The summed E-state index contributed by atoms with van der Waals surface area (Å²) < 4.78 is 11.8. The molecule has 4 rings (SSSR count). The predicted octanol–water partition coefficient (Wildman–Crippen LogP) is 6.49. The molecule has 4 aromatic rings. The third-order valence-electron chi connectivity index (χ3n) is 4.90. The maximum absolute atomic E-state index is 10.9. The van der Waals surface area contributed by atoms with Gasteiger partial charge in [-0.1, -0.05) is 41.9 Å². The second-order valence-corrected chi connectivity index (χ2v) is 7.53. The molecular formula is C23H21ClO3. The van der Waals surface area contributed by atoms with Gasteiger partial charge in [-0.25, -0.2) is 0 Å². The molecule has 0 aliphatic carbocycles. The van der Waals surface area contributed by atoms with Crippen LogP contribution in [-0.4, -0.2) is 5.11 Å². The summed E-state index contributed by atoms with van der Waals surface area (Å²) in [4.78, 5) is 0. The van der Waals surface area contributed by atoms with E-state index in [-0.39, 0.29) is 0 Å². The Kier molecular flexibility index (Phi) is 4.58. The zero-order valence-corrected chi connectivity index (χ0v) is 16.1. The Morgan fingerprint density at radius 3 is 2.48 bits per heavy atom. The summed E-state index contributed by atoms with van der Waals surface area (Å²) in [6.45, 7) is 3.64. The Balaban J connectivity index is 1.73. The van der Waals surface area contributed by atoms with Gasteiger partial charge in [-0.2, -0.15) is 0 Å². The summed E-state index contributed by atoms with van der Waals surface area (Å²) in [5, 5.41) is 12.5. The summed E-state index contributed by atoms with van der Waals surface area (Å²) in [6.07, 6.45) is 1.05. The average molecular weight is 381 g/mol. The first-order valence-electron chi connectivity index (χ1n) is 9.00. The zero-order valence-electron chi connectivity index (χ0n) is 15.3. The molecule has 0 fully saturated rings. The number of rotatable bonds is 5. The molecule has 0 spiro atoms. The summed E-state index contributed by atoms with van der Waals surface area (Å²) in [6, 6.07) is 19.5. The Morgan fingerprint density at radius 2 is 1.78 bits per heavy atom. The number of aryl methyl sites for hydroxylation is 2. The van der Waals surface area contributed by atoms with Crippen LogP contribution in [0.1, 0.15) is 30.6 Å². The number of fused-ring (bicyclic) bond motifs is 1. The molecule has 3 nitrogen and oxygen atoms in total. The Labute approximate surface area is 163 Å². The van der Waals surface area contributed by atoms with Crippen molar-refractivity contribution < 1.29 is 13.9 Å². The van der Waals surface area contributed by atoms with Gasteiger partial charge in [0.15, 0.2) is 0 Å². The monoisotopic (exact) mass is 380 g/mol. The normalized spacial score (nSPS) is 13.8. The van der Waals surface area contributed by atoms with E-state index in [0.29, 0.717) is 23.6 Å². The van der Waals surface area contributed by atoms with E-state index in [1.807, 2.05) is 55.5 Å². The van der Waals surface area contributed by atoms with Crippen LogP contribution in [0.5, 0.6) is 0 Å². The van der Waals surface area contributed by atoms with Crippen LogP contribution in [0.25, 0.3) is 22.1 Å². The molecule has 2 aromatic heterocycles. The molecule has 138 valence electrons. The molecule has 0 saturated carbocycles. The third kappa shape index (κ3) is 3.53. The predicted molar refractivity (Wildman–Crippen MR) is 108 cm³/mol. The van der Waals surface area contributed by atoms with Crippen LogP contribution in [0.3, 0.4) is 0 Å². The van der Waals surface area contributed by atoms with Crippen molar-refractivity contribution in [2.45, 2.75) is 32.3 Å². The van der Waals surface area contributed by atoms with Crippen LogP contribution < -0.4 is 0 Å². The van der Waals surface area contributed by atoms with Crippen LogP contribution in [0.4, 0.5) is 0 Å². The molecule has 0 radical (unpaired) electrons. The minimum atomic E-state index is -1.07. The van der Waals surface area contributed by atoms with Gasteiger partial charge in [0.05, 0.1) is 0 Å². The van der Waals surface area contributed by atoms with E-state index in [9.17, 15) is 5.11 Å². The first-order valence-corrected chi connectivity index (χ1v) is 9.37. The van der Waals surface area contributed by atoms with Crippen molar-refractivity contribution in [3.8, 4) is 11.1 Å². The fourth-order valence-electron chi connectivity index (χ4n) is 3.42. The van der Waals surface area contributed by atoms with Crippen molar-refractivity contribution in [3.05, 3.63) is 83.0 Å². The largest absolute Gasteiger partial charge is 0.463 e.